The number of ether oxygens (including phenoxy) is 1. The van der Waals surface area contributed by atoms with Gasteiger partial charge in [0.15, 0.2) is 0 Å². The molecule has 6 nitrogen and oxygen atoms in total. The Labute approximate surface area is 145 Å². The van der Waals surface area contributed by atoms with E-state index in [0.717, 1.165) is 5.56 Å². The number of aryl methyl sites for hydroxylation is 1. The number of rotatable bonds is 4. The number of aromatic hydroxyl groups is 1. The summed E-state index contributed by atoms with van der Waals surface area (Å²) in [6, 6.07) is 12.6. The lowest BCUT2D eigenvalue weighted by Gasteiger charge is -2.06. The van der Waals surface area contributed by atoms with Crippen LogP contribution in [-0.2, 0) is 0 Å². The molecule has 1 heterocycles. The Morgan fingerprint density at radius 2 is 1.84 bits per heavy atom. The summed E-state index contributed by atoms with van der Waals surface area (Å²) in [5.74, 6) is 0.741. The number of azo groups is 1. The molecule has 0 aliphatic carbocycles. The van der Waals surface area contributed by atoms with Gasteiger partial charge in [0.05, 0.1) is 18.5 Å². The second-order valence-corrected chi connectivity index (χ2v) is 5.50. The van der Waals surface area contributed by atoms with Crippen molar-refractivity contribution in [1.82, 2.24) is 4.98 Å². The summed E-state index contributed by atoms with van der Waals surface area (Å²) in [7, 11) is 3.27. The number of nitrogens with zero attached hydrogens (tertiary/aromatic N) is 4. The smallest absolute Gasteiger partial charge is 0.146 e. The number of hydrogen-bond acceptors (Lipinski definition) is 6. The van der Waals surface area contributed by atoms with Crippen molar-refractivity contribution in [2.45, 2.75) is 6.92 Å². The number of phenolic OH excluding ortho intramolecular Hbond substituents is 1. The minimum Gasteiger partial charge on any atom is -0.506 e. The molecule has 0 spiro atoms. The molecule has 1 N–H and O–H groups in total. The van der Waals surface area contributed by atoms with Crippen LogP contribution in [0, 0.1) is 6.92 Å². The van der Waals surface area contributed by atoms with Gasteiger partial charge in [-0.2, -0.15) is 0 Å². The van der Waals surface area contributed by atoms with Gasteiger partial charge in [-0.3, -0.25) is 4.99 Å². The molecular weight excluding hydrogens is 316 g/mol. The van der Waals surface area contributed by atoms with Crippen molar-refractivity contribution in [2.75, 3.05) is 14.2 Å². The van der Waals surface area contributed by atoms with Gasteiger partial charge in [0.2, 0.25) is 0 Å². The molecule has 3 aromatic rings. The molecule has 0 saturated heterocycles. The van der Waals surface area contributed by atoms with Crippen LogP contribution in [0.2, 0.25) is 0 Å². The number of aliphatic imine (C=N–C) groups is 1. The largest absolute Gasteiger partial charge is 0.506 e. The third-order valence-corrected chi connectivity index (χ3v) is 3.70. The van der Waals surface area contributed by atoms with Crippen LogP contribution in [-0.4, -0.2) is 30.5 Å². The van der Waals surface area contributed by atoms with Crippen molar-refractivity contribution < 1.29 is 9.84 Å². The molecule has 126 valence electrons. The summed E-state index contributed by atoms with van der Waals surface area (Å²) in [5, 5.41) is 19.4. The Morgan fingerprint density at radius 3 is 2.60 bits per heavy atom. The highest BCUT2D eigenvalue weighted by Gasteiger charge is 2.08. The Kier molecular flexibility index (Phi) is 4.70. The molecule has 0 aliphatic heterocycles. The fourth-order valence-electron chi connectivity index (χ4n) is 2.48. The average molecular weight is 334 g/mol. The topological polar surface area (TPSA) is 79.4 Å². The van der Waals surface area contributed by atoms with Crippen molar-refractivity contribution in [1.29, 1.82) is 0 Å². The maximum Gasteiger partial charge on any atom is 0.146 e. The van der Waals surface area contributed by atoms with Crippen molar-refractivity contribution in [2.24, 2.45) is 15.2 Å². The number of pyridine rings is 1. The average Bonchev–Trinajstić information content (AvgIpc) is 2.62. The van der Waals surface area contributed by atoms with Gasteiger partial charge in [0.25, 0.3) is 0 Å². The first-order valence-corrected chi connectivity index (χ1v) is 7.73. The third-order valence-electron chi connectivity index (χ3n) is 3.70. The zero-order valence-electron chi connectivity index (χ0n) is 14.3. The highest BCUT2D eigenvalue weighted by Crippen LogP contribution is 2.34. The molecule has 0 atom stereocenters. The van der Waals surface area contributed by atoms with Crippen LogP contribution in [0.25, 0.3) is 10.9 Å². The van der Waals surface area contributed by atoms with Gasteiger partial charge in [-0.15, -0.1) is 10.2 Å². The number of hydrogen-bond donors (Lipinski definition) is 1. The highest BCUT2D eigenvalue weighted by molar-refractivity contribution is 5.95. The molecule has 0 fully saturated rings. The molecule has 6 heteroatoms. The zero-order chi connectivity index (χ0) is 17.8. The third kappa shape index (κ3) is 3.47. The monoisotopic (exact) mass is 334 g/mol. The van der Waals surface area contributed by atoms with Gasteiger partial charge in [0, 0.05) is 18.6 Å². The molecule has 0 bridgehead atoms. The van der Waals surface area contributed by atoms with Crippen molar-refractivity contribution in [3.63, 3.8) is 0 Å². The fraction of sp³-hybridized carbons (Fsp3) is 0.158. The molecule has 0 unspecified atom stereocenters. The van der Waals surface area contributed by atoms with Crippen LogP contribution in [0.1, 0.15) is 11.3 Å². The molecule has 0 saturated carbocycles. The number of methoxy groups -OCH3 is 1. The van der Waals surface area contributed by atoms with Gasteiger partial charge in [-0.1, -0.05) is 6.07 Å². The first kappa shape index (κ1) is 16.6. The molecule has 1 aromatic heterocycles. The Bertz CT molecular complexity index is 981. The standard InChI is InChI=1S/C19H18N4O2/c1-12-4-9-18(25-3)16(10-12)23-22-15-7-8-17(24)19-14(15)6-5-13(21-19)11-20-2/h4-11,24H,1-3H3. The van der Waals surface area contributed by atoms with Gasteiger partial charge < -0.3 is 9.84 Å². The second-order valence-electron chi connectivity index (χ2n) is 5.50. The number of aromatic nitrogens is 1. The van der Waals surface area contributed by atoms with E-state index in [-0.39, 0.29) is 5.75 Å². The molecule has 3 rings (SSSR count). The first-order chi connectivity index (χ1) is 12.1. The van der Waals surface area contributed by atoms with E-state index in [2.05, 4.69) is 20.2 Å². The molecule has 0 radical (unpaired) electrons. The van der Waals surface area contributed by atoms with E-state index in [1.54, 1.807) is 32.5 Å². The summed E-state index contributed by atoms with van der Waals surface area (Å²) >= 11 is 0. The maximum absolute atomic E-state index is 10.1. The summed E-state index contributed by atoms with van der Waals surface area (Å²) in [5.41, 5.74) is 3.45. The normalized spacial score (nSPS) is 11.6. The molecule has 0 amide bonds. The highest BCUT2D eigenvalue weighted by atomic mass is 16.5. The predicted octanol–water partition coefficient (Wildman–Crippen LogP) is 4.72. The summed E-state index contributed by atoms with van der Waals surface area (Å²) in [6.07, 6.45) is 1.63. The molecule has 0 aliphatic rings. The number of benzene rings is 2. The van der Waals surface area contributed by atoms with Crippen LogP contribution in [0.15, 0.2) is 57.7 Å². The van der Waals surface area contributed by atoms with E-state index in [1.165, 1.54) is 0 Å². The Hall–Kier alpha value is -3.28. The summed E-state index contributed by atoms with van der Waals surface area (Å²) in [4.78, 5) is 8.35. The van der Waals surface area contributed by atoms with Crippen LogP contribution < -0.4 is 4.74 Å². The summed E-state index contributed by atoms with van der Waals surface area (Å²) in [6.45, 7) is 1.98. The minimum atomic E-state index is 0.0911. The molecule has 25 heavy (non-hydrogen) atoms. The van der Waals surface area contributed by atoms with Gasteiger partial charge in [-0.05, 0) is 48.9 Å². The van der Waals surface area contributed by atoms with E-state index in [0.29, 0.717) is 33.7 Å². The van der Waals surface area contributed by atoms with Gasteiger partial charge >= 0.3 is 0 Å². The lowest BCUT2D eigenvalue weighted by atomic mass is 10.1. The van der Waals surface area contributed by atoms with Crippen molar-refractivity contribution >= 4 is 28.5 Å². The van der Waals surface area contributed by atoms with Crippen molar-refractivity contribution in [3.8, 4) is 11.5 Å². The van der Waals surface area contributed by atoms with Gasteiger partial charge in [0.1, 0.15) is 22.7 Å². The summed E-state index contributed by atoms with van der Waals surface area (Å²) < 4.78 is 5.32. The van der Waals surface area contributed by atoms with Gasteiger partial charge in [-0.25, -0.2) is 4.98 Å². The number of phenols is 1. The molecule has 2 aromatic carbocycles. The Morgan fingerprint density at radius 1 is 1.04 bits per heavy atom. The van der Waals surface area contributed by atoms with E-state index in [9.17, 15) is 5.11 Å². The van der Waals surface area contributed by atoms with Crippen LogP contribution >= 0.6 is 0 Å². The Balaban J connectivity index is 2.08. The van der Waals surface area contributed by atoms with Crippen LogP contribution in [0.3, 0.4) is 0 Å². The minimum absolute atomic E-state index is 0.0911. The predicted molar refractivity (Wildman–Crippen MR) is 98.8 cm³/mol. The first-order valence-electron chi connectivity index (χ1n) is 7.73. The van der Waals surface area contributed by atoms with E-state index in [4.69, 9.17) is 4.74 Å². The lowest BCUT2D eigenvalue weighted by molar-refractivity contribution is 0.415. The van der Waals surface area contributed by atoms with Crippen LogP contribution in [0.5, 0.6) is 11.5 Å². The van der Waals surface area contributed by atoms with E-state index < -0.39 is 0 Å². The van der Waals surface area contributed by atoms with Crippen molar-refractivity contribution in [3.05, 3.63) is 53.7 Å². The number of fused-ring (bicyclic) bond motifs is 1. The van der Waals surface area contributed by atoms with Crippen LogP contribution in [0.4, 0.5) is 11.4 Å². The maximum atomic E-state index is 10.1. The zero-order valence-corrected chi connectivity index (χ0v) is 14.3. The molecular formula is C19H18N4O2. The lowest BCUT2D eigenvalue weighted by Crippen LogP contribution is -1.89. The van der Waals surface area contributed by atoms with E-state index in [1.807, 2.05) is 37.3 Å². The SMILES string of the molecule is CN=Cc1ccc2c(N=Nc3cc(C)ccc3OC)ccc(O)c2n1. The van der Waals surface area contributed by atoms with E-state index >= 15 is 0 Å². The quantitative estimate of drug-likeness (QED) is 0.554. The second kappa shape index (κ2) is 7.09. The fourth-order valence-corrected chi connectivity index (χ4v) is 2.48.